The number of benzene rings is 1. The number of alkyl halides is 1. The number of aliphatic hydroxyl groups excluding tert-OH is 1. The fraction of sp³-hybridized carbons (Fsp3) is 0.524. The van der Waals surface area contributed by atoms with Gasteiger partial charge in [0.2, 0.25) is 17.7 Å². The Kier molecular flexibility index (Phi) is 13.3. The first-order chi connectivity index (χ1) is 29.3. The maximum Gasteiger partial charge on any atom is 0.470 e. The Hall–Kier alpha value is -3.91. The van der Waals surface area contributed by atoms with Crippen LogP contribution in [0, 0.1) is 28.6 Å². The van der Waals surface area contributed by atoms with Crippen LogP contribution in [0.1, 0.15) is 74.7 Å². The van der Waals surface area contributed by atoms with E-state index in [2.05, 4.69) is 31.9 Å². The number of phosphoric ester groups is 1. The Morgan fingerprint density at radius 3 is 2.63 bits per heavy atom. The van der Waals surface area contributed by atoms with Crippen LogP contribution < -0.4 is 16.0 Å². The molecule has 0 bridgehead atoms. The number of ketones is 2. The average Bonchev–Trinajstić information content (AvgIpc) is 3.90. The van der Waals surface area contributed by atoms with Gasteiger partial charge in [-0.05, 0) is 85.2 Å². The standard InChI is InChI=1S/C42H49BrN3O14PS/c1-40-11-10-26(47)15-24(40)6-7-28-29-16-33-42(32(49)20-58-61(55,56)57,41(29,2)17-31(48)37(28)40)60-39(59-33)23-14-27(62-21-23)13-22-4-3-5-25(12-22)45-38(54)30(8-9-36(52)53)46-35(51)19-44-34(50)18-43/h3-5,10-12,14-15,21,28-31,33,37,39,48H,6-9,13,16-20H2,1-2H3,(H,44,50)(H,45,54)(H,46,51)(H,52,53)(H2,55,56,57)/t28-,29-,30-,31-,33+,37+,39+,40-,41-,42+/m0/s1. The number of amides is 3. The van der Waals surface area contributed by atoms with Gasteiger partial charge in [0.1, 0.15) is 12.6 Å². The van der Waals surface area contributed by atoms with E-state index in [0.29, 0.717) is 36.9 Å². The minimum atomic E-state index is -5.05. The molecule has 20 heteroatoms. The van der Waals surface area contributed by atoms with E-state index >= 15 is 0 Å². The number of phosphoric acid groups is 1. The molecule has 17 nitrogen and oxygen atoms in total. The molecule has 1 aliphatic heterocycles. The zero-order valence-corrected chi connectivity index (χ0v) is 37.2. The van der Waals surface area contributed by atoms with Crippen LogP contribution in [0.3, 0.4) is 0 Å². The molecule has 7 N–H and O–H groups in total. The van der Waals surface area contributed by atoms with E-state index in [1.165, 1.54) is 11.3 Å². The van der Waals surface area contributed by atoms with E-state index in [1.807, 2.05) is 37.4 Å². The lowest BCUT2D eigenvalue weighted by molar-refractivity contribution is -0.200. The quantitative estimate of drug-likeness (QED) is 0.0932. The van der Waals surface area contributed by atoms with E-state index in [1.54, 1.807) is 30.4 Å². The van der Waals surface area contributed by atoms with Gasteiger partial charge < -0.3 is 45.4 Å². The van der Waals surface area contributed by atoms with Crippen LogP contribution in [-0.2, 0) is 53.8 Å². The van der Waals surface area contributed by atoms with Crippen LogP contribution in [-0.4, -0.2) is 97.6 Å². The number of Topliss-reactive ketones (excluding diaryl/α,β-unsaturated/α-hetero) is 1. The number of carboxylic acids is 1. The third-order valence-corrected chi connectivity index (χ3v) is 15.3. The van der Waals surface area contributed by atoms with Gasteiger partial charge in [-0.2, -0.15) is 0 Å². The molecule has 1 aromatic carbocycles. The second-order valence-corrected chi connectivity index (χ2v) is 19.9. The fourth-order valence-corrected chi connectivity index (χ4v) is 12.2. The monoisotopic (exact) mass is 961 g/mol. The van der Waals surface area contributed by atoms with Crippen molar-refractivity contribution >= 4 is 76.0 Å². The zero-order valence-electron chi connectivity index (χ0n) is 33.9. The van der Waals surface area contributed by atoms with E-state index in [-0.39, 0.29) is 48.1 Å². The topological polar surface area (TPSA) is 264 Å². The first-order valence-electron chi connectivity index (χ1n) is 20.3. The van der Waals surface area contributed by atoms with Crippen molar-refractivity contribution in [1.29, 1.82) is 0 Å². The van der Waals surface area contributed by atoms with Gasteiger partial charge in [-0.3, -0.25) is 33.3 Å². The Balaban J connectivity index is 1.07. The van der Waals surface area contributed by atoms with Gasteiger partial charge >= 0.3 is 13.8 Å². The highest BCUT2D eigenvalue weighted by molar-refractivity contribution is 9.09. The predicted molar refractivity (Wildman–Crippen MR) is 226 cm³/mol. The number of hydrogen-bond donors (Lipinski definition) is 7. The highest BCUT2D eigenvalue weighted by Crippen LogP contribution is 2.70. The summed E-state index contributed by atoms with van der Waals surface area (Å²) >= 11 is 4.39. The molecule has 334 valence electrons. The lowest BCUT2D eigenvalue weighted by atomic mass is 9.46. The van der Waals surface area contributed by atoms with Crippen molar-refractivity contribution in [3.8, 4) is 0 Å². The summed E-state index contributed by atoms with van der Waals surface area (Å²) in [6.45, 7) is 2.61. The number of halogens is 1. The number of carbonyl (C=O) groups excluding carboxylic acids is 5. The lowest BCUT2D eigenvalue weighted by Gasteiger charge is -2.59. The van der Waals surface area contributed by atoms with Gasteiger partial charge in [0, 0.05) is 45.7 Å². The van der Waals surface area contributed by atoms with E-state index in [0.717, 1.165) is 16.0 Å². The Morgan fingerprint density at radius 1 is 1.13 bits per heavy atom. The van der Waals surface area contributed by atoms with Gasteiger partial charge in [0.15, 0.2) is 23.5 Å². The fourth-order valence-electron chi connectivity index (χ4n) is 10.8. The molecule has 10 atom stereocenters. The maximum absolute atomic E-state index is 14.4. The van der Waals surface area contributed by atoms with Crippen LogP contribution >= 0.6 is 35.1 Å². The van der Waals surface area contributed by atoms with Gasteiger partial charge in [0.05, 0.1) is 24.1 Å². The van der Waals surface area contributed by atoms with Crippen LogP contribution in [0.4, 0.5) is 5.69 Å². The number of rotatable bonds is 16. The molecule has 0 radical (unpaired) electrons. The number of carboxylic acid groups (broad SMARTS) is 1. The number of anilines is 1. The lowest BCUT2D eigenvalue weighted by Crippen LogP contribution is -2.63. The van der Waals surface area contributed by atoms with Crippen LogP contribution in [0.2, 0.25) is 0 Å². The third kappa shape index (κ3) is 9.06. The molecule has 2 aromatic rings. The molecular weight excluding hydrogens is 913 g/mol. The second-order valence-electron chi connectivity index (χ2n) is 17.1. The number of nitrogens with one attached hydrogen (secondary N) is 3. The summed E-state index contributed by atoms with van der Waals surface area (Å²) in [5.41, 5.74) is -0.512. The molecule has 4 aliphatic carbocycles. The normalized spacial score (nSPS) is 31.5. The SMILES string of the molecule is C[C@]12C=CC(=O)C=C1CC[C@@H]1[C@@H]2[C@@H](O)C[C@@]2(C)[C@H]1C[C@H]1O[C@@H](c3csc(Cc4cccc(NC(=O)[C@H](CCC(=O)O)NC(=O)CNC(=O)CBr)c4)c3)O[C@]12C(=O)COP(=O)(O)O. The van der Waals surface area contributed by atoms with Gasteiger partial charge in [0.25, 0.3) is 0 Å². The molecule has 1 aromatic heterocycles. The molecular formula is C42H49BrN3O14PS. The Labute approximate surface area is 369 Å². The van der Waals surface area contributed by atoms with Crippen molar-refractivity contribution < 1.29 is 67.3 Å². The predicted octanol–water partition coefficient (Wildman–Crippen LogP) is 3.86. The van der Waals surface area contributed by atoms with Crippen LogP contribution in [0.5, 0.6) is 0 Å². The summed E-state index contributed by atoms with van der Waals surface area (Å²) in [5.74, 6) is -4.16. The summed E-state index contributed by atoms with van der Waals surface area (Å²) < 4.78 is 30.0. The molecule has 3 amide bonds. The number of aliphatic carboxylic acids is 1. The molecule has 2 heterocycles. The largest absolute Gasteiger partial charge is 0.481 e. The van der Waals surface area contributed by atoms with E-state index in [9.17, 15) is 53.3 Å². The minimum Gasteiger partial charge on any atom is -0.481 e. The van der Waals surface area contributed by atoms with Crippen molar-refractivity contribution in [3.63, 3.8) is 0 Å². The molecule has 0 spiro atoms. The van der Waals surface area contributed by atoms with Gasteiger partial charge in [-0.25, -0.2) is 4.57 Å². The van der Waals surface area contributed by atoms with Crippen molar-refractivity contribution in [3.05, 3.63) is 75.5 Å². The third-order valence-electron chi connectivity index (χ3n) is 13.4. The van der Waals surface area contributed by atoms with Crippen LogP contribution in [0.15, 0.2) is 59.5 Å². The molecule has 0 unspecified atom stereocenters. The van der Waals surface area contributed by atoms with Crippen molar-refractivity contribution in [2.75, 3.05) is 23.8 Å². The highest BCUT2D eigenvalue weighted by atomic mass is 79.9. The van der Waals surface area contributed by atoms with Crippen molar-refractivity contribution in [2.45, 2.75) is 88.9 Å². The first-order valence-corrected chi connectivity index (χ1v) is 23.8. The smallest absolute Gasteiger partial charge is 0.470 e. The second kappa shape index (κ2) is 17.9. The summed E-state index contributed by atoms with van der Waals surface area (Å²) in [6.07, 6.45) is 4.02. The summed E-state index contributed by atoms with van der Waals surface area (Å²) in [7, 11) is -5.05. The number of thiophene rings is 1. The number of allylic oxidation sites excluding steroid dienone is 4. The molecule has 62 heavy (non-hydrogen) atoms. The molecule has 5 aliphatic rings. The summed E-state index contributed by atoms with van der Waals surface area (Å²) in [4.78, 5) is 95.3. The van der Waals surface area contributed by atoms with Crippen molar-refractivity contribution in [2.24, 2.45) is 28.6 Å². The maximum atomic E-state index is 14.4. The number of ether oxygens (including phenoxy) is 2. The number of fused-ring (bicyclic) bond motifs is 7. The van der Waals surface area contributed by atoms with E-state index in [4.69, 9.17) is 14.0 Å². The summed E-state index contributed by atoms with van der Waals surface area (Å²) in [5, 5.41) is 30.6. The Morgan fingerprint density at radius 2 is 1.90 bits per heavy atom. The average molecular weight is 963 g/mol. The number of aliphatic hydroxyl groups is 1. The van der Waals surface area contributed by atoms with E-state index < -0.39 is 91.4 Å². The first kappa shape index (κ1) is 46.1. The number of hydrogen-bond acceptors (Lipinski definition) is 12. The van der Waals surface area contributed by atoms with Gasteiger partial charge in [-0.1, -0.05) is 53.6 Å². The molecule has 7 rings (SSSR count). The van der Waals surface area contributed by atoms with Crippen molar-refractivity contribution in [1.82, 2.24) is 10.6 Å². The minimum absolute atomic E-state index is 0.0213. The van der Waals surface area contributed by atoms with Crippen LogP contribution in [0.25, 0.3) is 0 Å². The van der Waals surface area contributed by atoms with Gasteiger partial charge in [-0.15, -0.1) is 11.3 Å². The molecule has 3 saturated carbocycles. The Bertz CT molecular complexity index is 2260. The molecule has 1 saturated heterocycles. The summed E-state index contributed by atoms with van der Waals surface area (Å²) in [6, 6.07) is 7.64. The zero-order chi connectivity index (χ0) is 44.8. The molecule has 4 fully saturated rings. The number of carbonyl (C=O) groups is 6. The highest BCUT2D eigenvalue weighted by Gasteiger charge is 2.76.